The molecule has 0 spiro atoms. The second-order valence-electron chi connectivity index (χ2n) is 12.1. The summed E-state index contributed by atoms with van der Waals surface area (Å²) in [6.07, 6.45) is 1.50. The van der Waals surface area contributed by atoms with Gasteiger partial charge in [-0.2, -0.15) is 0 Å². The zero-order valence-electron chi connectivity index (χ0n) is 25.1. The van der Waals surface area contributed by atoms with Crippen LogP contribution in [0.25, 0.3) is 0 Å². The van der Waals surface area contributed by atoms with Crippen LogP contribution in [-0.2, 0) is 33.3 Å². The van der Waals surface area contributed by atoms with E-state index < -0.39 is 72.0 Å². The van der Waals surface area contributed by atoms with Gasteiger partial charge in [-0.1, -0.05) is 51.2 Å². The van der Waals surface area contributed by atoms with E-state index >= 15 is 0 Å². The van der Waals surface area contributed by atoms with Crippen LogP contribution in [0.15, 0.2) is 36.5 Å². The zero-order valence-corrected chi connectivity index (χ0v) is 25.1. The van der Waals surface area contributed by atoms with Gasteiger partial charge >= 0.3 is 5.97 Å². The molecule has 42 heavy (non-hydrogen) atoms. The Hall–Kier alpha value is -2.16. The lowest BCUT2D eigenvalue weighted by Crippen LogP contribution is -2.69. The highest BCUT2D eigenvalue weighted by atomic mass is 16.7. The number of carboxylic acid groups (broad SMARTS) is 1. The molecule has 0 aromatic carbocycles. The Balaban J connectivity index is 1.66. The van der Waals surface area contributed by atoms with Gasteiger partial charge in [0, 0.05) is 37.4 Å². The van der Waals surface area contributed by atoms with Crippen LogP contribution in [0, 0.1) is 11.3 Å². The number of rotatable bonds is 12. The summed E-state index contributed by atoms with van der Waals surface area (Å²) in [6, 6.07) is 0. The Labute approximate surface area is 247 Å². The van der Waals surface area contributed by atoms with Gasteiger partial charge in [0.05, 0.1) is 24.4 Å². The van der Waals surface area contributed by atoms with Gasteiger partial charge in [0.1, 0.15) is 19.0 Å². The molecule has 3 rings (SSSR count). The standard InChI is InChI=1S/C30H47NO11/c1-17-15-30(37,42-19(3)18(17)2)25(35)27(36)31-28-24-23(39-16-40-28)26(38-6)29(4,5)21(41-24)14-20(32)12-10-8-7-9-11-13-22(33)34/h7,9,11,13,18-21,23-26,28,32,35,37H,1,8,10,12,14-16H2,2-6H3,(H,31,36)(H,33,34). The molecule has 238 valence electrons. The van der Waals surface area contributed by atoms with Crippen LogP contribution < -0.4 is 5.32 Å². The number of aliphatic hydroxyl groups is 3. The predicted octanol–water partition coefficient (Wildman–Crippen LogP) is 1.78. The number of unbranched alkanes of at least 4 members (excludes halogenated alkanes) is 1. The molecule has 12 heteroatoms. The van der Waals surface area contributed by atoms with E-state index in [-0.39, 0.29) is 25.6 Å². The molecule has 0 aromatic rings. The van der Waals surface area contributed by atoms with Gasteiger partial charge in [0.25, 0.3) is 5.91 Å². The maximum Gasteiger partial charge on any atom is 0.328 e. The number of fused-ring (bicyclic) bond motifs is 1. The largest absolute Gasteiger partial charge is 0.478 e. The fourth-order valence-electron chi connectivity index (χ4n) is 5.87. The highest BCUT2D eigenvalue weighted by Crippen LogP contribution is 2.44. The topological polar surface area (TPSA) is 173 Å². The first-order valence-electron chi connectivity index (χ1n) is 14.4. The van der Waals surface area contributed by atoms with Crippen molar-refractivity contribution in [1.82, 2.24) is 5.32 Å². The molecule has 3 aliphatic rings. The zero-order chi connectivity index (χ0) is 31.2. The minimum absolute atomic E-state index is 0.0465. The number of hydrogen-bond acceptors (Lipinski definition) is 10. The maximum atomic E-state index is 13.2. The SMILES string of the molecule is C=C1CC(O)(C(O)C(=O)NC2OCOC3C2OC(CC(O)CCCC=CC=CC(=O)O)C(C)(C)C3OC)OC(C)C1C. The van der Waals surface area contributed by atoms with Gasteiger partial charge in [0.2, 0.25) is 5.79 Å². The van der Waals surface area contributed by atoms with Crippen molar-refractivity contribution in [1.29, 1.82) is 0 Å². The van der Waals surface area contributed by atoms with Crippen molar-refractivity contribution in [3.8, 4) is 0 Å². The van der Waals surface area contributed by atoms with Crippen LogP contribution in [-0.4, -0.2) is 101 Å². The Kier molecular flexibility index (Phi) is 11.9. The van der Waals surface area contributed by atoms with E-state index in [1.807, 2.05) is 26.8 Å². The van der Waals surface area contributed by atoms with Crippen LogP contribution in [0.2, 0.25) is 0 Å². The number of hydrogen-bond donors (Lipinski definition) is 5. The Morgan fingerprint density at radius 2 is 1.90 bits per heavy atom. The highest BCUT2D eigenvalue weighted by Gasteiger charge is 2.57. The van der Waals surface area contributed by atoms with Crippen molar-refractivity contribution >= 4 is 11.9 Å². The summed E-state index contributed by atoms with van der Waals surface area (Å²) in [4.78, 5) is 23.7. The fourth-order valence-corrected chi connectivity index (χ4v) is 5.87. The number of methoxy groups -OCH3 is 1. The van der Waals surface area contributed by atoms with Crippen molar-refractivity contribution < 1.29 is 53.7 Å². The average molecular weight is 598 g/mol. The number of carbonyl (C=O) groups excluding carboxylic acids is 1. The van der Waals surface area contributed by atoms with Gasteiger partial charge in [-0.25, -0.2) is 4.79 Å². The monoisotopic (exact) mass is 597 g/mol. The third-order valence-electron chi connectivity index (χ3n) is 8.63. The molecular formula is C30H47NO11. The summed E-state index contributed by atoms with van der Waals surface area (Å²) in [5.41, 5.74) is 0.0842. The van der Waals surface area contributed by atoms with E-state index in [1.165, 1.54) is 6.08 Å². The van der Waals surface area contributed by atoms with Crippen molar-refractivity contribution in [2.45, 2.75) is 115 Å². The predicted molar refractivity (Wildman–Crippen MR) is 151 cm³/mol. The fraction of sp³-hybridized carbons (Fsp3) is 0.733. The lowest BCUT2D eigenvalue weighted by Gasteiger charge is -2.54. The van der Waals surface area contributed by atoms with Gasteiger partial charge in [-0.3, -0.25) is 4.79 Å². The van der Waals surface area contributed by atoms with Crippen LogP contribution in [0.1, 0.15) is 59.8 Å². The summed E-state index contributed by atoms with van der Waals surface area (Å²) in [7, 11) is 1.56. The van der Waals surface area contributed by atoms with Crippen molar-refractivity contribution in [3.05, 3.63) is 36.5 Å². The molecule has 0 saturated carbocycles. The van der Waals surface area contributed by atoms with Crippen LogP contribution in [0.3, 0.4) is 0 Å². The third-order valence-corrected chi connectivity index (χ3v) is 8.63. The second-order valence-corrected chi connectivity index (χ2v) is 12.1. The molecule has 0 aliphatic carbocycles. The molecule has 3 aliphatic heterocycles. The van der Waals surface area contributed by atoms with Gasteiger partial charge in [-0.05, 0) is 26.2 Å². The van der Waals surface area contributed by atoms with E-state index in [9.17, 15) is 24.9 Å². The maximum absolute atomic E-state index is 13.2. The smallest absolute Gasteiger partial charge is 0.328 e. The first-order valence-corrected chi connectivity index (χ1v) is 14.4. The molecule has 3 saturated heterocycles. The molecule has 0 aromatic heterocycles. The number of aliphatic hydroxyl groups excluding tert-OH is 2. The normalized spacial score (nSPS) is 36.5. The summed E-state index contributed by atoms with van der Waals surface area (Å²) in [5, 5.41) is 43.9. The van der Waals surface area contributed by atoms with E-state index in [1.54, 1.807) is 20.1 Å². The molecule has 12 nitrogen and oxygen atoms in total. The lowest BCUT2D eigenvalue weighted by molar-refractivity contribution is -0.332. The number of ether oxygens (including phenoxy) is 5. The quantitative estimate of drug-likeness (QED) is 0.0960. The first kappa shape index (κ1) is 34.3. The summed E-state index contributed by atoms with van der Waals surface area (Å²) < 4.78 is 29.5. The lowest BCUT2D eigenvalue weighted by atomic mass is 9.72. The molecule has 10 unspecified atom stereocenters. The number of nitrogens with one attached hydrogen (secondary N) is 1. The van der Waals surface area contributed by atoms with Crippen molar-refractivity contribution in [2.75, 3.05) is 13.9 Å². The van der Waals surface area contributed by atoms with Crippen LogP contribution in [0.4, 0.5) is 0 Å². The number of allylic oxidation sites excluding steroid dienone is 3. The summed E-state index contributed by atoms with van der Waals surface area (Å²) >= 11 is 0. The molecule has 10 atom stereocenters. The molecule has 5 N–H and O–H groups in total. The minimum Gasteiger partial charge on any atom is -0.478 e. The summed E-state index contributed by atoms with van der Waals surface area (Å²) in [5.74, 6) is -4.10. The van der Waals surface area contributed by atoms with E-state index in [2.05, 4.69) is 11.9 Å². The number of carbonyl (C=O) groups is 2. The van der Waals surface area contributed by atoms with E-state index in [0.29, 0.717) is 24.8 Å². The number of amides is 1. The first-order chi connectivity index (χ1) is 19.7. The number of carboxylic acids is 1. The molecule has 0 radical (unpaired) electrons. The molecule has 1 amide bonds. The average Bonchev–Trinajstić information content (AvgIpc) is 2.91. The van der Waals surface area contributed by atoms with E-state index in [0.717, 1.165) is 6.08 Å². The van der Waals surface area contributed by atoms with Crippen molar-refractivity contribution in [3.63, 3.8) is 0 Å². The van der Waals surface area contributed by atoms with Gasteiger partial charge < -0.3 is 49.4 Å². The summed E-state index contributed by atoms with van der Waals surface area (Å²) in [6.45, 7) is 11.4. The van der Waals surface area contributed by atoms with Crippen LogP contribution >= 0.6 is 0 Å². The number of aliphatic carboxylic acids is 1. The van der Waals surface area contributed by atoms with E-state index in [4.69, 9.17) is 28.8 Å². The van der Waals surface area contributed by atoms with Crippen LogP contribution in [0.5, 0.6) is 0 Å². The molecule has 3 heterocycles. The Morgan fingerprint density at radius 1 is 1.19 bits per heavy atom. The molecule has 0 bridgehead atoms. The Morgan fingerprint density at radius 3 is 2.55 bits per heavy atom. The Bertz CT molecular complexity index is 1010. The van der Waals surface area contributed by atoms with Gasteiger partial charge in [0.15, 0.2) is 12.3 Å². The highest BCUT2D eigenvalue weighted by molar-refractivity contribution is 5.82. The third kappa shape index (κ3) is 8.06. The molecule has 3 fully saturated rings. The second kappa shape index (κ2) is 14.5. The molecular weight excluding hydrogens is 550 g/mol. The minimum atomic E-state index is -2.14. The van der Waals surface area contributed by atoms with Crippen molar-refractivity contribution in [2.24, 2.45) is 11.3 Å². The van der Waals surface area contributed by atoms with Gasteiger partial charge in [-0.15, -0.1) is 0 Å².